The van der Waals surface area contributed by atoms with Crippen molar-refractivity contribution in [3.63, 3.8) is 0 Å². The third-order valence-electron chi connectivity index (χ3n) is 7.11. The molecule has 208 valence electrons. The van der Waals surface area contributed by atoms with E-state index < -0.39 is 0 Å². The van der Waals surface area contributed by atoms with Gasteiger partial charge in [-0.05, 0) is 49.2 Å². The number of carbonyl (C=O) groups excluding carboxylic acids is 3. The molecule has 40 heavy (non-hydrogen) atoms. The van der Waals surface area contributed by atoms with Crippen LogP contribution in [0.4, 0.5) is 5.69 Å². The standard InChI is InChI=1S/C31H33N3O6/c1-20-27(19-25-24-18-23(21(2)35)8-9-26(24)33-30(25)36)32-29(22-6-4-3-5-7-22)28(20)31(37)34-10-12-38-14-16-40-17-15-39-13-11-34/h3-9,18-19,32H,10-17H2,1-2H3,(H,33,36). The van der Waals surface area contributed by atoms with Crippen molar-refractivity contribution in [3.8, 4) is 11.3 Å². The topological polar surface area (TPSA) is 110 Å². The number of hydrogen-bond donors (Lipinski definition) is 2. The molecule has 2 aromatic carbocycles. The molecule has 5 rings (SSSR count). The van der Waals surface area contributed by atoms with Crippen molar-refractivity contribution in [2.75, 3.05) is 58.0 Å². The summed E-state index contributed by atoms with van der Waals surface area (Å²) >= 11 is 0. The molecule has 3 heterocycles. The number of anilines is 1. The summed E-state index contributed by atoms with van der Waals surface area (Å²) in [6.45, 7) is 6.81. The van der Waals surface area contributed by atoms with E-state index in [0.717, 1.165) is 11.1 Å². The zero-order valence-electron chi connectivity index (χ0n) is 22.7. The van der Waals surface area contributed by atoms with Gasteiger partial charge >= 0.3 is 0 Å². The van der Waals surface area contributed by atoms with Crippen LogP contribution in [-0.2, 0) is 19.0 Å². The van der Waals surface area contributed by atoms with Gasteiger partial charge < -0.3 is 29.4 Å². The Bertz CT molecular complexity index is 1430. The monoisotopic (exact) mass is 543 g/mol. The van der Waals surface area contributed by atoms with E-state index in [-0.39, 0.29) is 17.6 Å². The average Bonchev–Trinajstić information content (AvgIpc) is 3.44. The first kappa shape index (κ1) is 27.5. The van der Waals surface area contributed by atoms with E-state index in [1.54, 1.807) is 29.2 Å². The van der Waals surface area contributed by atoms with Gasteiger partial charge in [0, 0.05) is 35.6 Å². The number of nitrogens with one attached hydrogen (secondary N) is 2. The predicted octanol–water partition coefficient (Wildman–Crippen LogP) is 4.19. The van der Waals surface area contributed by atoms with Gasteiger partial charge in [-0.3, -0.25) is 14.4 Å². The highest BCUT2D eigenvalue weighted by Gasteiger charge is 2.29. The van der Waals surface area contributed by atoms with Crippen molar-refractivity contribution in [1.29, 1.82) is 0 Å². The smallest absolute Gasteiger partial charge is 0.256 e. The maximum Gasteiger partial charge on any atom is 0.256 e. The van der Waals surface area contributed by atoms with Crippen molar-refractivity contribution in [2.45, 2.75) is 13.8 Å². The van der Waals surface area contributed by atoms with E-state index in [2.05, 4.69) is 10.3 Å². The number of nitrogens with zero attached hydrogens (tertiary/aromatic N) is 1. The fourth-order valence-electron chi connectivity index (χ4n) is 4.91. The van der Waals surface area contributed by atoms with Crippen LogP contribution >= 0.6 is 0 Å². The molecule has 1 saturated heterocycles. The van der Waals surface area contributed by atoms with E-state index in [0.29, 0.717) is 92.1 Å². The highest BCUT2D eigenvalue weighted by atomic mass is 16.5. The van der Waals surface area contributed by atoms with Crippen LogP contribution in [-0.4, -0.2) is 80.2 Å². The quantitative estimate of drug-likeness (QED) is 0.377. The number of fused-ring (bicyclic) bond motifs is 1. The molecule has 9 heteroatoms. The van der Waals surface area contributed by atoms with Crippen LogP contribution in [0.25, 0.3) is 22.9 Å². The lowest BCUT2D eigenvalue weighted by Crippen LogP contribution is -2.37. The molecule has 0 bridgehead atoms. The van der Waals surface area contributed by atoms with Gasteiger partial charge in [-0.2, -0.15) is 0 Å². The molecule has 0 spiro atoms. The summed E-state index contributed by atoms with van der Waals surface area (Å²) in [6, 6.07) is 14.8. The molecule has 9 nitrogen and oxygen atoms in total. The third kappa shape index (κ3) is 5.91. The molecular weight excluding hydrogens is 510 g/mol. The molecule has 0 aliphatic carbocycles. The van der Waals surface area contributed by atoms with Crippen LogP contribution in [0.15, 0.2) is 48.5 Å². The number of benzene rings is 2. The first-order valence-corrected chi connectivity index (χ1v) is 13.4. The Hall–Kier alpha value is -4.05. The molecule has 2 N–H and O–H groups in total. The molecule has 3 aromatic rings. The van der Waals surface area contributed by atoms with Crippen LogP contribution in [0.3, 0.4) is 0 Å². The van der Waals surface area contributed by atoms with Crippen molar-refractivity contribution < 1.29 is 28.6 Å². The van der Waals surface area contributed by atoms with Gasteiger partial charge in [-0.15, -0.1) is 0 Å². The number of amides is 2. The zero-order valence-corrected chi connectivity index (χ0v) is 22.7. The minimum atomic E-state index is -0.264. The number of ketones is 1. The molecule has 1 aromatic heterocycles. The Morgan fingerprint density at radius 1 is 0.900 bits per heavy atom. The lowest BCUT2D eigenvalue weighted by atomic mass is 10.00. The van der Waals surface area contributed by atoms with E-state index in [4.69, 9.17) is 14.2 Å². The van der Waals surface area contributed by atoms with Crippen LogP contribution in [0.1, 0.15) is 44.5 Å². The van der Waals surface area contributed by atoms with E-state index >= 15 is 0 Å². The highest BCUT2D eigenvalue weighted by molar-refractivity contribution is 6.35. The molecule has 2 amide bonds. The number of aromatic nitrogens is 1. The largest absolute Gasteiger partial charge is 0.377 e. The first-order valence-electron chi connectivity index (χ1n) is 13.4. The number of H-pyrrole nitrogens is 1. The Morgan fingerprint density at radius 2 is 1.55 bits per heavy atom. The van der Waals surface area contributed by atoms with E-state index in [9.17, 15) is 14.4 Å². The second-order valence-corrected chi connectivity index (χ2v) is 9.74. The fraction of sp³-hybridized carbons (Fsp3) is 0.323. The van der Waals surface area contributed by atoms with Crippen molar-refractivity contribution in [2.24, 2.45) is 0 Å². The Kier molecular flexibility index (Phi) is 8.54. The van der Waals surface area contributed by atoms with Crippen molar-refractivity contribution in [3.05, 3.63) is 76.5 Å². The van der Waals surface area contributed by atoms with Crippen LogP contribution in [0.5, 0.6) is 0 Å². The summed E-state index contributed by atoms with van der Waals surface area (Å²) in [4.78, 5) is 44.2. The molecule has 2 aliphatic heterocycles. The number of aromatic amines is 1. The highest BCUT2D eigenvalue weighted by Crippen LogP contribution is 2.36. The number of carbonyl (C=O) groups is 3. The Balaban J connectivity index is 1.55. The van der Waals surface area contributed by atoms with Gasteiger partial charge in [0.15, 0.2) is 5.78 Å². The number of Topliss-reactive ketones (excluding diaryl/α,β-unsaturated/α-hetero) is 1. The predicted molar refractivity (Wildman–Crippen MR) is 152 cm³/mol. The lowest BCUT2D eigenvalue weighted by molar-refractivity contribution is -0.110. The van der Waals surface area contributed by atoms with E-state index in [1.165, 1.54) is 6.92 Å². The Morgan fingerprint density at radius 3 is 2.20 bits per heavy atom. The van der Waals surface area contributed by atoms with Gasteiger partial charge in [0.1, 0.15) is 0 Å². The minimum Gasteiger partial charge on any atom is -0.377 e. The number of ether oxygens (including phenoxy) is 3. The molecule has 1 fully saturated rings. The third-order valence-corrected chi connectivity index (χ3v) is 7.11. The summed E-state index contributed by atoms with van der Waals surface area (Å²) in [5, 5.41) is 2.87. The van der Waals surface area contributed by atoms with Gasteiger partial charge in [0.2, 0.25) is 0 Å². The summed E-state index contributed by atoms with van der Waals surface area (Å²) in [5.41, 5.74) is 5.68. The summed E-state index contributed by atoms with van der Waals surface area (Å²) in [7, 11) is 0. The first-order chi connectivity index (χ1) is 19.4. The zero-order chi connectivity index (χ0) is 28.1. The molecular formula is C31H33N3O6. The van der Waals surface area contributed by atoms with E-state index in [1.807, 2.05) is 37.3 Å². The van der Waals surface area contributed by atoms with Gasteiger partial charge in [0.05, 0.1) is 56.5 Å². The minimum absolute atomic E-state index is 0.0802. The normalized spacial score (nSPS) is 17.6. The summed E-state index contributed by atoms with van der Waals surface area (Å²) in [5.74, 6) is -0.489. The average molecular weight is 544 g/mol. The van der Waals surface area contributed by atoms with Crippen LogP contribution in [0, 0.1) is 6.92 Å². The van der Waals surface area contributed by atoms with Gasteiger partial charge in [-0.25, -0.2) is 0 Å². The second kappa shape index (κ2) is 12.4. The molecule has 2 aliphatic rings. The van der Waals surface area contributed by atoms with Gasteiger partial charge in [0.25, 0.3) is 11.8 Å². The van der Waals surface area contributed by atoms with Crippen LogP contribution in [0.2, 0.25) is 0 Å². The molecule has 0 radical (unpaired) electrons. The van der Waals surface area contributed by atoms with Crippen molar-refractivity contribution >= 4 is 34.9 Å². The number of rotatable bonds is 4. The van der Waals surface area contributed by atoms with Crippen molar-refractivity contribution in [1.82, 2.24) is 9.88 Å². The summed E-state index contributed by atoms with van der Waals surface area (Å²) < 4.78 is 16.8. The van der Waals surface area contributed by atoms with Gasteiger partial charge in [-0.1, -0.05) is 30.3 Å². The molecule has 0 unspecified atom stereocenters. The molecule has 0 saturated carbocycles. The number of hydrogen-bond acceptors (Lipinski definition) is 6. The maximum atomic E-state index is 14.1. The van der Waals surface area contributed by atoms with Crippen LogP contribution < -0.4 is 5.32 Å². The molecule has 0 atom stereocenters. The summed E-state index contributed by atoms with van der Waals surface area (Å²) in [6.07, 6.45) is 1.76. The Labute approximate surface area is 233 Å². The second-order valence-electron chi connectivity index (χ2n) is 9.74. The maximum absolute atomic E-state index is 14.1. The fourth-order valence-corrected chi connectivity index (χ4v) is 4.91. The SMILES string of the molecule is CC(=O)c1ccc2c(c1)C(=Cc1[nH]c(-c3ccccc3)c(C(=O)N3CCOCCOCCOCC3)c1C)C(=O)N2. The lowest BCUT2D eigenvalue weighted by Gasteiger charge is -2.24.